The van der Waals surface area contributed by atoms with Crippen molar-refractivity contribution in [2.24, 2.45) is 16.5 Å². The molecule has 1 amide bonds. The molecule has 22 heavy (non-hydrogen) atoms. The zero-order valence-electron chi connectivity index (χ0n) is 11.4. The Morgan fingerprint density at radius 3 is 2.68 bits per heavy atom. The van der Waals surface area contributed by atoms with Gasteiger partial charge in [-0.1, -0.05) is 0 Å². The van der Waals surface area contributed by atoms with Gasteiger partial charge in [-0.3, -0.25) is 9.79 Å². The number of aliphatic imine (C=N–C) groups is 1. The molecule has 0 spiro atoms. The van der Waals surface area contributed by atoms with Gasteiger partial charge in [0.25, 0.3) is 6.43 Å². The van der Waals surface area contributed by atoms with E-state index in [0.29, 0.717) is 0 Å². The van der Waals surface area contributed by atoms with E-state index in [-0.39, 0.29) is 43.4 Å². The summed E-state index contributed by atoms with van der Waals surface area (Å²) >= 11 is 0. The molecule has 2 rings (SSSR count). The summed E-state index contributed by atoms with van der Waals surface area (Å²) in [5, 5.41) is 0. The maximum Gasteiger partial charge on any atom is 0.267 e. The van der Waals surface area contributed by atoms with Crippen LogP contribution in [0.2, 0.25) is 0 Å². The lowest BCUT2D eigenvalue weighted by molar-refractivity contribution is 0.0330. The maximum atomic E-state index is 14.0. The number of ether oxygens (including phenoxy) is 1. The monoisotopic (exact) mass is 337 g/mol. The molecule has 1 atom stereocenters. The zero-order chi connectivity index (χ0) is 15.6. The quantitative estimate of drug-likeness (QED) is 0.877. The first kappa shape index (κ1) is 18.2. The number of amides is 1. The molecule has 5 nitrogen and oxygen atoms in total. The van der Waals surface area contributed by atoms with Crippen LogP contribution in [0.3, 0.4) is 0 Å². The van der Waals surface area contributed by atoms with E-state index in [2.05, 4.69) is 4.99 Å². The third kappa shape index (κ3) is 3.33. The van der Waals surface area contributed by atoms with Gasteiger partial charge in [0, 0.05) is 17.5 Å². The summed E-state index contributed by atoms with van der Waals surface area (Å²) in [7, 11) is 0. The summed E-state index contributed by atoms with van der Waals surface area (Å²) in [6, 6.07) is 3.03. The van der Waals surface area contributed by atoms with Crippen molar-refractivity contribution in [3.05, 3.63) is 35.1 Å². The Labute approximate surface area is 130 Å². The van der Waals surface area contributed by atoms with Gasteiger partial charge in [-0.15, -0.1) is 12.4 Å². The Bertz CT molecular complexity index is 598. The average Bonchev–Trinajstić information content (AvgIpc) is 2.61. The number of nitrogens with two attached hydrogens (primary N) is 2. The third-order valence-corrected chi connectivity index (χ3v) is 3.30. The minimum Gasteiger partial charge on any atom is -0.385 e. The van der Waals surface area contributed by atoms with Crippen LogP contribution < -0.4 is 11.5 Å². The fraction of sp³-hybridized carbons (Fsp3) is 0.385. The zero-order valence-corrected chi connectivity index (χ0v) is 12.2. The molecule has 122 valence electrons. The number of alkyl halides is 2. The summed E-state index contributed by atoms with van der Waals surface area (Å²) in [5.41, 5.74) is 7.94. The van der Waals surface area contributed by atoms with Crippen molar-refractivity contribution < 1.29 is 22.7 Å². The van der Waals surface area contributed by atoms with Crippen LogP contribution >= 0.6 is 12.4 Å². The lowest BCUT2D eigenvalue weighted by atomic mass is 9.86. The molecular weight excluding hydrogens is 323 g/mol. The fourth-order valence-electron chi connectivity index (χ4n) is 2.23. The Morgan fingerprint density at radius 2 is 2.09 bits per heavy atom. The van der Waals surface area contributed by atoms with Gasteiger partial charge in [0.1, 0.15) is 18.3 Å². The summed E-state index contributed by atoms with van der Waals surface area (Å²) in [5.74, 6) is -1.90. The predicted octanol–water partition coefficient (Wildman–Crippen LogP) is 1.58. The summed E-state index contributed by atoms with van der Waals surface area (Å²) < 4.78 is 46.3. The van der Waals surface area contributed by atoms with Gasteiger partial charge in [0.2, 0.25) is 5.91 Å². The molecule has 9 heteroatoms. The van der Waals surface area contributed by atoms with Gasteiger partial charge in [0.15, 0.2) is 5.54 Å². The fourth-order valence-corrected chi connectivity index (χ4v) is 2.23. The van der Waals surface area contributed by atoms with Crippen LogP contribution in [0.15, 0.2) is 23.2 Å². The maximum absolute atomic E-state index is 14.0. The van der Waals surface area contributed by atoms with E-state index in [1.54, 1.807) is 0 Å². The van der Waals surface area contributed by atoms with Gasteiger partial charge in [-0.05, 0) is 18.2 Å². The number of carbonyl (C=O) groups excluding carboxylic acids is 1. The topological polar surface area (TPSA) is 90.7 Å². The molecule has 1 heterocycles. The first-order valence-corrected chi connectivity index (χ1v) is 6.17. The second-order valence-electron chi connectivity index (χ2n) is 4.69. The molecule has 0 unspecified atom stereocenters. The highest BCUT2D eigenvalue weighted by Gasteiger charge is 2.45. The minimum absolute atomic E-state index is 0. The lowest BCUT2D eigenvalue weighted by Crippen LogP contribution is -2.36. The van der Waals surface area contributed by atoms with Gasteiger partial charge in [-0.2, -0.15) is 0 Å². The number of hydrogen-bond donors (Lipinski definition) is 2. The van der Waals surface area contributed by atoms with Crippen molar-refractivity contribution >= 4 is 24.1 Å². The number of carbonyl (C=O) groups is 1. The van der Waals surface area contributed by atoms with Crippen LogP contribution in [0.5, 0.6) is 0 Å². The first-order chi connectivity index (χ1) is 9.86. The molecule has 1 aliphatic heterocycles. The number of amidine groups is 1. The molecule has 0 saturated carbocycles. The van der Waals surface area contributed by atoms with Gasteiger partial charge < -0.3 is 16.2 Å². The second-order valence-corrected chi connectivity index (χ2v) is 4.69. The molecule has 0 bridgehead atoms. The van der Waals surface area contributed by atoms with E-state index in [4.69, 9.17) is 16.2 Å². The standard InChI is InChI=1S/C13H14F3N3O2.ClH/c14-9-2-1-7(11(18)20)5-8(9)13(12(15)16)3-4-21-6-10(17)19-13;/h1-2,5,12H,3-4,6H2,(H2,17,19)(H2,18,20);1H/t13-;/m0./s1. The van der Waals surface area contributed by atoms with E-state index >= 15 is 0 Å². The smallest absolute Gasteiger partial charge is 0.267 e. The minimum atomic E-state index is -3.02. The van der Waals surface area contributed by atoms with Gasteiger partial charge >= 0.3 is 0 Å². The number of hydrogen-bond acceptors (Lipinski definition) is 4. The van der Waals surface area contributed by atoms with Crippen LogP contribution in [0.25, 0.3) is 0 Å². The van der Waals surface area contributed by atoms with E-state index < -0.39 is 29.3 Å². The number of halogens is 4. The summed E-state index contributed by atoms with van der Waals surface area (Å²) in [6.07, 6.45) is -3.28. The predicted molar refractivity (Wildman–Crippen MR) is 76.9 cm³/mol. The van der Waals surface area contributed by atoms with Gasteiger partial charge in [0.05, 0.1) is 6.61 Å². The number of primary amides is 1. The average molecular weight is 338 g/mol. The van der Waals surface area contributed by atoms with Crippen LogP contribution in [0.1, 0.15) is 22.3 Å². The second kappa shape index (κ2) is 6.97. The van der Waals surface area contributed by atoms with E-state index in [9.17, 15) is 18.0 Å². The molecule has 0 radical (unpaired) electrons. The Balaban J connectivity index is 0.00000242. The highest BCUT2D eigenvalue weighted by Crippen LogP contribution is 2.39. The van der Waals surface area contributed by atoms with Crippen LogP contribution in [-0.4, -0.2) is 31.4 Å². The summed E-state index contributed by atoms with van der Waals surface area (Å²) in [4.78, 5) is 14.9. The number of rotatable bonds is 3. The molecule has 1 aliphatic rings. The number of benzene rings is 1. The van der Waals surface area contributed by atoms with Crippen LogP contribution in [-0.2, 0) is 10.3 Å². The largest absolute Gasteiger partial charge is 0.385 e. The van der Waals surface area contributed by atoms with E-state index in [1.807, 2.05) is 0 Å². The Morgan fingerprint density at radius 1 is 1.41 bits per heavy atom. The van der Waals surface area contributed by atoms with E-state index in [0.717, 1.165) is 18.2 Å². The Kier molecular flexibility index (Phi) is 5.78. The van der Waals surface area contributed by atoms with E-state index in [1.165, 1.54) is 0 Å². The van der Waals surface area contributed by atoms with Crippen molar-refractivity contribution in [2.45, 2.75) is 18.4 Å². The molecule has 1 aromatic rings. The molecule has 0 aliphatic carbocycles. The van der Waals surface area contributed by atoms with Crippen molar-refractivity contribution in [3.63, 3.8) is 0 Å². The first-order valence-electron chi connectivity index (χ1n) is 6.17. The molecule has 0 aromatic heterocycles. The lowest BCUT2D eigenvalue weighted by Gasteiger charge is -2.29. The van der Waals surface area contributed by atoms with Crippen molar-refractivity contribution in [1.82, 2.24) is 0 Å². The molecule has 4 N–H and O–H groups in total. The van der Waals surface area contributed by atoms with Crippen molar-refractivity contribution in [1.29, 1.82) is 0 Å². The highest BCUT2D eigenvalue weighted by molar-refractivity contribution is 5.93. The Hall–Kier alpha value is -1.80. The molecule has 0 saturated heterocycles. The normalized spacial score (nSPS) is 21.7. The summed E-state index contributed by atoms with van der Waals surface area (Å²) in [6.45, 7) is -0.166. The highest BCUT2D eigenvalue weighted by atomic mass is 35.5. The molecular formula is C13H15ClF3N3O2. The van der Waals surface area contributed by atoms with Crippen LogP contribution in [0.4, 0.5) is 13.2 Å². The molecule has 0 fully saturated rings. The van der Waals surface area contributed by atoms with Crippen molar-refractivity contribution in [2.75, 3.05) is 13.2 Å². The SMILES string of the molecule is Cl.NC(=O)c1ccc(F)c([C@]2(C(F)F)CCOCC(N)=N2)c1. The third-order valence-electron chi connectivity index (χ3n) is 3.30. The van der Waals surface area contributed by atoms with Crippen LogP contribution in [0, 0.1) is 5.82 Å². The number of nitrogens with zero attached hydrogens (tertiary/aromatic N) is 1. The van der Waals surface area contributed by atoms with Crippen molar-refractivity contribution in [3.8, 4) is 0 Å². The van der Waals surface area contributed by atoms with Gasteiger partial charge in [-0.25, -0.2) is 13.2 Å². The molecule has 1 aromatic carbocycles.